The Morgan fingerprint density at radius 1 is 1.57 bits per heavy atom. The molecule has 0 aromatic heterocycles. The van der Waals surface area contributed by atoms with Gasteiger partial charge in [0.05, 0.1) is 0 Å². The van der Waals surface area contributed by atoms with Crippen molar-refractivity contribution in [2.24, 2.45) is 4.99 Å². The van der Waals surface area contributed by atoms with Gasteiger partial charge in [-0.15, -0.1) is 6.42 Å². The first-order valence-corrected chi connectivity index (χ1v) is 7.59. The van der Waals surface area contributed by atoms with Crippen molar-refractivity contribution in [1.29, 1.82) is 0 Å². The molecule has 2 rings (SSSR count). The molecule has 0 radical (unpaired) electrons. The third-order valence-electron chi connectivity index (χ3n) is 3.38. The molecule has 0 aliphatic carbocycles. The summed E-state index contributed by atoms with van der Waals surface area (Å²) in [5, 5.41) is 7.42. The maximum atomic E-state index is 6.05. The first kappa shape index (κ1) is 15.5. The van der Waals surface area contributed by atoms with Crippen LogP contribution in [0.25, 0.3) is 0 Å². The highest BCUT2D eigenvalue weighted by molar-refractivity contribution is 6.30. The summed E-state index contributed by atoms with van der Waals surface area (Å²) in [6, 6.07) is 8.33. The molecular weight excluding hydrogens is 284 g/mol. The molecule has 1 atom stereocenters. The van der Waals surface area contributed by atoms with Crippen LogP contribution in [0.5, 0.6) is 0 Å². The Kier molecular flexibility index (Phi) is 5.77. The summed E-state index contributed by atoms with van der Waals surface area (Å²) >= 11 is 6.05. The lowest BCUT2D eigenvalue weighted by atomic mass is 10.3. The van der Waals surface area contributed by atoms with Gasteiger partial charge in [-0.1, -0.05) is 23.6 Å². The van der Waals surface area contributed by atoms with E-state index in [1.165, 1.54) is 0 Å². The molecule has 1 aromatic carbocycles. The lowest BCUT2D eigenvalue weighted by molar-refractivity contribution is 0.651. The standard InChI is InChI=1S/C16H21ClN4/c1-3-9-19-16(18-4-2)20-14-8-10-21(12-14)15-7-5-6-13(17)11-15/h1,5-7,11,14H,4,8-10,12H2,2H3,(H2,18,19,20). The fourth-order valence-corrected chi connectivity index (χ4v) is 2.61. The fourth-order valence-electron chi connectivity index (χ4n) is 2.42. The molecule has 5 heteroatoms. The molecule has 1 aliphatic rings. The van der Waals surface area contributed by atoms with E-state index in [1.807, 2.05) is 25.1 Å². The molecule has 2 N–H and O–H groups in total. The number of aliphatic imine (C=N–C) groups is 1. The zero-order chi connectivity index (χ0) is 15.1. The van der Waals surface area contributed by atoms with Crippen molar-refractivity contribution in [3.8, 4) is 12.3 Å². The van der Waals surface area contributed by atoms with Gasteiger partial charge in [0.25, 0.3) is 0 Å². The van der Waals surface area contributed by atoms with Crippen molar-refractivity contribution < 1.29 is 0 Å². The van der Waals surface area contributed by atoms with Gasteiger partial charge in [-0.25, -0.2) is 4.99 Å². The van der Waals surface area contributed by atoms with Gasteiger partial charge in [-0.05, 0) is 31.5 Å². The number of hydrogen-bond donors (Lipinski definition) is 2. The maximum Gasteiger partial charge on any atom is 0.192 e. The summed E-state index contributed by atoms with van der Waals surface area (Å²) in [6.07, 6.45) is 6.32. The zero-order valence-electron chi connectivity index (χ0n) is 12.3. The summed E-state index contributed by atoms with van der Waals surface area (Å²) in [4.78, 5) is 6.65. The average Bonchev–Trinajstić information content (AvgIpc) is 2.93. The maximum absolute atomic E-state index is 6.05. The van der Waals surface area contributed by atoms with Crippen molar-refractivity contribution in [3.05, 3.63) is 29.3 Å². The van der Waals surface area contributed by atoms with Crippen LogP contribution in [0, 0.1) is 12.3 Å². The molecule has 1 aliphatic heterocycles. The summed E-state index contributed by atoms with van der Waals surface area (Å²) in [6.45, 7) is 5.19. The average molecular weight is 305 g/mol. The molecule has 0 bridgehead atoms. The Morgan fingerprint density at radius 2 is 2.43 bits per heavy atom. The van der Waals surface area contributed by atoms with Gasteiger partial charge in [0.1, 0.15) is 6.54 Å². The molecule has 21 heavy (non-hydrogen) atoms. The molecule has 112 valence electrons. The van der Waals surface area contributed by atoms with E-state index in [9.17, 15) is 0 Å². The van der Waals surface area contributed by atoms with Gasteiger partial charge in [-0.2, -0.15) is 0 Å². The molecule has 1 heterocycles. The summed E-state index contributed by atoms with van der Waals surface area (Å²) in [5.41, 5.74) is 1.16. The van der Waals surface area contributed by atoms with Crippen LogP contribution in [-0.2, 0) is 0 Å². The van der Waals surface area contributed by atoms with Crippen LogP contribution in [0.2, 0.25) is 5.02 Å². The Morgan fingerprint density at radius 3 is 3.14 bits per heavy atom. The number of halogens is 1. The minimum absolute atomic E-state index is 0.361. The molecular formula is C16H21ClN4. The normalized spacial score (nSPS) is 18.4. The van der Waals surface area contributed by atoms with Crippen molar-refractivity contribution in [1.82, 2.24) is 10.6 Å². The molecule has 0 saturated carbocycles. The highest BCUT2D eigenvalue weighted by atomic mass is 35.5. The monoisotopic (exact) mass is 304 g/mol. The topological polar surface area (TPSA) is 39.7 Å². The first-order chi connectivity index (χ1) is 10.2. The van der Waals surface area contributed by atoms with Crippen LogP contribution in [-0.4, -0.2) is 38.2 Å². The molecule has 0 spiro atoms. The van der Waals surface area contributed by atoms with Gasteiger partial charge in [0, 0.05) is 36.4 Å². The number of nitrogens with zero attached hydrogens (tertiary/aromatic N) is 2. The predicted molar refractivity (Wildman–Crippen MR) is 90.0 cm³/mol. The first-order valence-electron chi connectivity index (χ1n) is 7.21. The van der Waals surface area contributed by atoms with E-state index in [4.69, 9.17) is 18.0 Å². The second kappa shape index (κ2) is 7.80. The Hall–Kier alpha value is -1.86. The van der Waals surface area contributed by atoms with Crippen LogP contribution >= 0.6 is 11.6 Å². The van der Waals surface area contributed by atoms with Gasteiger partial charge in [0.2, 0.25) is 0 Å². The van der Waals surface area contributed by atoms with Gasteiger partial charge < -0.3 is 15.5 Å². The largest absolute Gasteiger partial charge is 0.369 e. The highest BCUT2D eigenvalue weighted by Gasteiger charge is 2.23. The van der Waals surface area contributed by atoms with Crippen molar-refractivity contribution in [2.75, 3.05) is 31.1 Å². The number of anilines is 1. The van der Waals surface area contributed by atoms with Crippen LogP contribution in [0.3, 0.4) is 0 Å². The van der Waals surface area contributed by atoms with E-state index >= 15 is 0 Å². The second-order valence-corrected chi connectivity index (χ2v) is 5.39. The number of hydrogen-bond acceptors (Lipinski definition) is 2. The van der Waals surface area contributed by atoms with Crippen molar-refractivity contribution in [2.45, 2.75) is 19.4 Å². The van der Waals surface area contributed by atoms with E-state index in [0.29, 0.717) is 12.6 Å². The smallest absolute Gasteiger partial charge is 0.192 e. The van der Waals surface area contributed by atoms with Gasteiger partial charge in [-0.3, -0.25) is 0 Å². The second-order valence-electron chi connectivity index (χ2n) is 4.96. The predicted octanol–water partition coefficient (Wildman–Crippen LogP) is 2.11. The van der Waals surface area contributed by atoms with Crippen LogP contribution in [0.1, 0.15) is 13.3 Å². The van der Waals surface area contributed by atoms with E-state index < -0.39 is 0 Å². The minimum Gasteiger partial charge on any atom is -0.369 e. The molecule has 1 aromatic rings. The van der Waals surface area contributed by atoms with Gasteiger partial charge >= 0.3 is 0 Å². The molecule has 1 saturated heterocycles. The quantitative estimate of drug-likeness (QED) is 0.508. The number of rotatable bonds is 4. The third-order valence-corrected chi connectivity index (χ3v) is 3.61. The minimum atomic E-state index is 0.361. The highest BCUT2D eigenvalue weighted by Crippen LogP contribution is 2.23. The van der Waals surface area contributed by atoms with E-state index in [2.05, 4.69) is 32.5 Å². The number of terminal acetylenes is 1. The lowest BCUT2D eigenvalue weighted by Gasteiger charge is -2.20. The molecule has 1 unspecified atom stereocenters. The van der Waals surface area contributed by atoms with E-state index in [0.717, 1.165) is 42.7 Å². The fraction of sp³-hybridized carbons (Fsp3) is 0.438. The van der Waals surface area contributed by atoms with Crippen LogP contribution in [0.4, 0.5) is 5.69 Å². The number of guanidine groups is 1. The Bertz CT molecular complexity index is 535. The summed E-state index contributed by atoms with van der Waals surface area (Å²) < 4.78 is 0. The van der Waals surface area contributed by atoms with Gasteiger partial charge in [0.15, 0.2) is 5.96 Å². The Labute approximate surface area is 131 Å². The van der Waals surface area contributed by atoms with E-state index in [1.54, 1.807) is 0 Å². The Balaban J connectivity index is 1.94. The SMILES string of the molecule is C#CCN=C(NCC)NC1CCN(c2cccc(Cl)c2)C1. The van der Waals surface area contributed by atoms with E-state index in [-0.39, 0.29) is 0 Å². The number of nitrogens with one attached hydrogen (secondary N) is 2. The van der Waals surface area contributed by atoms with Crippen LogP contribution in [0.15, 0.2) is 29.3 Å². The van der Waals surface area contributed by atoms with Crippen LogP contribution < -0.4 is 15.5 Å². The third kappa shape index (κ3) is 4.57. The summed E-state index contributed by atoms with van der Waals surface area (Å²) in [7, 11) is 0. The van der Waals surface area contributed by atoms with Crippen molar-refractivity contribution >= 4 is 23.2 Å². The molecule has 4 nitrogen and oxygen atoms in total. The molecule has 0 amide bonds. The summed E-state index contributed by atoms with van der Waals surface area (Å²) in [5.74, 6) is 3.32. The number of benzene rings is 1. The molecule has 1 fully saturated rings. The zero-order valence-corrected chi connectivity index (χ0v) is 13.0. The van der Waals surface area contributed by atoms with Crippen molar-refractivity contribution in [3.63, 3.8) is 0 Å². The lowest BCUT2D eigenvalue weighted by Crippen LogP contribution is -2.44.